The molecular formula is C11H18N4O. The highest BCUT2D eigenvalue weighted by molar-refractivity contribution is 5.78. The summed E-state index contributed by atoms with van der Waals surface area (Å²) in [4.78, 5) is 8.37. The Hall–Kier alpha value is -1.78. The monoisotopic (exact) mass is 222 g/mol. The van der Waals surface area contributed by atoms with E-state index in [1.807, 2.05) is 26.0 Å². The second-order valence-electron chi connectivity index (χ2n) is 3.65. The van der Waals surface area contributed by atoms with Gasteiger partial charge < -0.3 is 15.8 Å². The van der Waals surface area contributed by atoms with Crippen molar-refractivity contribution in [3.63, 3.8) is 0 Å². The zero-order valence-corrected chi connectivity index (χ0v) is 9.90. The molecule has 5 heteroatoms. The summed E-state index contributed by atoms with van der Waals surface area (Å²) in [5.41, 5.74) is 6.46. The second-order valence-corrected chi connectivity index (χ2v) is 3.65. The highest BCUT2D eigenvalue weighted by Gasteiger charge is 2.02. The van der Waals surface area contributed by atoms with Crippen molar-refractivity contribution in [3.05, 3.63) is 24.0 Å². The molecule has 0 atom stereocenters. The minimum Gasteiger partial charge on any atom is -0.495 e. The first kappa shape index (κ1) is 12.3. The van der Waals surface area contributed by atoms with Gasteiger partial charge in [0.15, 0.2) is 5.96 Å². The molecule has 0 saturated heterocycles. The molecule has 0 fully saturated rings. The van der Waals surface area contributed by atoms with E-state index in [1.54, 1.807) is 13.3 Å². The molecule has 0 unspecified atom stereocenters. The van der Waals surface area contributed by atoms with Gasteiger partial charge in [-0.25, -0.2) is 4.99 Å². The molecule has 0 aliphatic carbocycles. The van der Waals surface area contributed by atoms with Gasteiger partial charge in [-0.3, -0.25) is 4.98 Å². The van der Waals surface area contributed by atoms with Crippen molar-refractivity contribution in [3.8, 4) is 5.75 Å². The van der Waals surface area contributed by atoms with E-state index < -0.39 is 0 Å². The van der Waals surface area contributed by atoms with Crippen LogP contribution < -0.4 is 15.8 Å². The molecule has 5 nitrogen and oxygen atoms in total. The molecule has 0 bridgehead atoms. The Bertz CT molecular complexity index is 363. The van der Waals surface area contributed by atoms with E-state index in [0.717, 1.165) is 11.4 Å². The number of hydrogen-bond donors (Lipinski definition) is 2. The minimum absolute atomic E-state index is 0.273. The first-order valence-corrected chi connectivity index (χ1v) is 5.17. The molecule has 0 amide bonds. The van der Waals surface area contributed by atoms with Gasteiger partial charge in [0, 0.05) is 12.2 Å². The fraction of sp³-hybridized carbons (Fsp3) is 0.455. The van der Waals surface area contributed by atoms with Gasteiger partial charge >= 0.3 is 0 Å². The number of aromatic nitrogens is 1. The van der Waals surface area contributed by atoms with E-state index in [1.165, 1.54) is 0 Å². The third-order valence-corrected chi connectivity index (χ3v) is 1.90. The van der Waals surface area contributed by atoms with Crippen molar-refractivity contribution in [2.45, 2.75) is 26.4 Å². The first-order chi connectivity index (χ1) is 7.63. The highest BCUT2D eigenvalue weighted by atomic mass is 16.5. The molecule has 1 rings (SSSR count). The highest BCUT2D eigenvalue weighted by Crippen LogP contribution is 2.14. The van der Waals surface area contributed by atoms with Crippen LogP contribution in [-0.2, 0) is 6.54 Å². The van der Waals surface area contributed by atoms with Crippen LogP contribution in [0.5, 0.6) is 5.75 Å². The number of ether oxygens (including phenoxy) is 1. The van der Waals surface area contributed by atoms with Crippen molar-refractivity contribution in [1.82, 2.24) is 10.3 Å². The quantitative estimate of drug-likeness (QED) is 0.586. The average Bonchev–Trinajstić information content (AvgIpc) is 2.26. The molecule has 16 heavy (non-hydrogen) atoms. The zero-order valence-electron chi connectivity index (χ0n) is 9.90. The van der Waals surface area contributed by atoms with Crippen molar-refractivity contribution >= 4 is 5.96 Å². The number of aliphatic imine (C=N–C) groups is 1. The smallest absolute Gasteiger partial charge is 0.189 e. The van der Waals surface area contributed by atoms with E-state index in [9.17, 15) is 0 Å². The van der Waals surface area contributed by atoms with Crippen LogP contribution in [-0.4, -0.2) is 24.1 Å². The van der Waals surface area contributed by atoms with Gasteiger partial charge in [-0.2, -0.15) is 0 Å². The van der Waals surface area contributed by atoms with E-state index in [2.05, 4.69) is 15.3 Å². The summed E-state index contributed by atoms with van der Waals surface area (Å²) in [6, 6.07) is 3.94. The van der Waals surface area contributed by atoms with Crippen molar-refractivity contribution in [1.29, 1.82) is 0 Å². The Morgan fingerprint density at radius 1 is 1.62 bits per heavy atom. The van der Waals surface area contributed by atoms with Crippen molar-refractivity contribution in [2.75, 3.05) is 7.11 Å². The van der Waals surface area contributed by atoms with Crippen LogP contribution >= 0.6 is 0 Å². The van der Waals surface area contributed by atoms with Gasteiger partial charge in [-0.15, -0.1) is 0 Å². The predicted molar refractivity (Wildman–Crippen MR) is 64.4 cm³/mol. The number of nitrogens with two attached hydrogens (primary N) is 1. The Morgan fingerprint density at radius 2 is 2.38 bits per heavy atom. The molecule has 0 aliphatic heterocycles. The lowest BCUT2D eigenvalue weighted by atomic mass is 10.3. The maximum absolute atomic E-state index is 5.68. The Morgan fingerprint density at radius 3 is 3.00 bits per heavy atom. The lowest BCUT2D eigenvalue weighted by Crippen LogP contribution is -2.36. The molecule has 1 heterocycles. The SMILES string of the molecule is COc1cccnc1CN=C(N)NC(C)C. The maximum atomic E-state index is 5.68. The fourth-order valence-corrected chi connectivity index (χ4v) is 1.23. The topological polar surface area (TPSA) is 72.5 Å². The van der Waals surface area contributed by atoms with Crippen LogP contribution in [0.15, 0.2) is 23.3 Å². The van der Waals surface area contributed by atoms with Gasteiger partial charge in [0.2, 0.25) is 0 Å². The summed E-state index contributed by atoms with van der Waals surface area (Å²) >= 11 is 0. The number of pyridine rings is 1. The van der Waals surface area contributed by atoms with Crippen molar-refractivity contribution in [2.24, 2.45) is 10.7 Å². The van der Waals surface area contributed by atoms with Gasteiger partial charge in [-0.05, 0) is 26.0 Å². The standard InChI is InChI=1S/C11H18N4O/c1-8(2)15-11(12)14-7-9-10(16-3)5-4-6-13-9/h4-6,8H,7H2,1-3H3,(H3,12,14,15). The second kappa shape index (κ2) is 5.95. The summed E-state index contributed by atoms with van der Waals surface area (Å²) in [5, 5.41) is 3.01. The van der Waals surface area contributed by atoms with Gasteiger partial charge in [0.05, 0.1) is 13.7 Å². The predicted octanol–water partition coefficient (Wildman–Crippen LogP) is 0.903. The van der Waals surface area contributed by atoms with E-state index in [4.69, 9.17) is 10.5 Å². The van der Waals surface area contributed by atoms with Crippen LogP contribution in [0.3, 0.4) is 0 Å². The average molecular weight is 222 g/mol. The van der Waals surface area contributed by atoms with Crippen LogP contribution in [0.25, 0.3) is 0 Å². The number of nitrogens with one attached hydrogen (secondary N) is 1. The lowest BCUT2D eigenvalue weighted by Gasteiger charge is -2.09. The summed E-state index contributed by atoms with van der Waals surface area (Å²) in [6.45, 7) is 4.42. The first-order valence-electron chi connectivity index (χ1n) is 5.17. The van der Waals surface area contributed by atoms with E-state index >= 15 is 0 Å². The third kappa shape index (κ3) is 3.76. The van der Waals surface area contributed by atoms with Crippen molar-refractivity contribution < 1.29 is 4.74 Å². The molecule has 1 aromatic rings. The van der Waals surface area contributed by atoms with Gasteiger partial charge in [0.1, 0.15) is 11.4 Å². The lowest BCUT2D eigenvalue weighted by molar-refractivity contribution is 0.407. The molecule has 3 N–H and O–H groups in total. The summed E-state index contributed by atoms with van der Waals surface area (Å²) in [5.74, 6) is 1.14. The normalized spacial score (nSPS) is 11.6. The number of rotatable bonds is 4. The fourth-order valence-electron chi connectivity index (χ4n) is 1.23. The zero-order chi connectivity index (χ0) is 12.0. The Labute approximate surface area is 95.7 Å². The largest absolute Gasteiger partial charge is 0.495 e. The maximum Gasteiger partial charge on any atom is 0.189 e. The molecule has 0 radical (unpaired) electrons. The van der Waals surface area contributed by atoms with Crippen LogP contribution in [0.2, 0.25) is 0 Å². The molecule has 0 saturated carbocycles. The molecule has 1 aromatic heterocycles. The minimum atomic E-state index is 0.273. The number of hydrogen-bond acceptors (Lipinski definition) is 3. The van der Waals surface area contributed by atoms with E-state index in [-0.39, 0.29) is 6.04 Å². The van der Waals surface area contributed by atoms with Crippen LogP contribution in [0, 0.1) is 0 Å². The van der Waals surface area contributed by atoms with Crippen LogP contribution in [0.1, 0.15) is 19.5 Å². The molecule has 0 aliphatic rings. The number of methoxy groups -OCH3 is 1. The molecule has 0 aromatic carbocycles. The third-order valence-electron chi connectivity index (χ3n) is 1.90. The number of nitrogens with zero attached hydrogens (tertiary/aromatic N) is 2. The van der Waals surface area contributed by atoms with Gasteiger partial charge in [-0.1, -0.05) is 0 Å². The molecular weight excluding hydrogens is 204 g/mol. The van der Waals surface area contributed by atoms with E-state index in [0.29, 0.717) is 12.5 Å². The van der Waals surface area contributed by atoms with Gasteiger partial charge in [0.25, 0.3) is 0 Å². The molecule has 88 valence electrons. The van der Waals surface area contributed by atoms with Crippen LogP contribution in [0.4, 0.5) is 0 Å². The number of guanidine groups is 1. The Balaban J connectivity index is 2.66. The summed E-state index contributed by atoms with van der Waals surface area (Å²) in [7, 11) is 1.61. The molecule has 0 spiro atoms. The summed E-state index contributed by atoms with van der Waals surface area (Å²) in [6.07, 6.45) is 1.71. The summed E-state index contributed by atoms with van der Waals surface area (Å²) < 4.78 is 5.17. The Kier molecular flexibility index (Phi) is 4.57.